The van der Waals surface area contributed by atoms with Gasteiger partial charge in [-0.15, -0.1) is 4.86 Å². The third-order valence-electron chi connectivity index (χ3n) is 0.282. The van der Waals surface area contributed by atoms with Gasteiger partial charge in [0.2, 0.25) is 0 Å². The van der Waals surface area contributed by atoms with Crippen molar-refractivity contribution in [3.05, 3.63) is 5.21 Å². The van der Waals surface area contributed by atoms with Crippen molar-refractivity contribution in [3.63, 3.8) is 0 Å². The Kier molecular flexibility index (Phi) is 1.49. The van der Waals surface area contributed by atoms with E-state index in [2.05, 4.69) is 5.11 Å². The molecule has 0 amide bonds. The minimum atomic E-state index is 0.500. The van der Waals surface area contributed by atoms with Crippen LogP contribution in [-0.4, -0.2) is 19.0 Å². The molecule has 5 heavy (non-hydrogen) atoms. The lowest BCUT2D eigenvalue weighted by atomic mass is 11.4. The van der Waals surface area contributed by atoms with Gasteiger partial charge in [0.1, 0.15) is 0 Å². The molecule has 0 aromatic rings. The highest BCUT2D eigenvalue weighted by atomic mass is 16.5. The first kappa shape index (κ1) is 4.40. The zero-order valence-corrected chi connectivity index (χ0v) is 3.30. The number of hydroxylamine groups is 1. The number of nitrogens with zero attached hydrogens (tertiary/aromatic N) is 2. The second-order valence-electron chi connectivity index (χ2n) is 0.664. The van der Waals surface area contributed by atoms with Gasteiger partial charge in [0, 0.05) is 0 Å². The summed E-state index contributed by atoms with van der Waals surface area (Å²) in [5.74, 6) is 0. The Balaban J connectivity index is 3.14. The second-order valence-corrected chi connectivity index (χ2v) is 0.664. The molecule has 0 rings (SSSR count). The van der Waals surface area contributed by atoms with Crippen LogP contribution < -0.4 is 0 Å². The first-order valence-corrected chi connectivity index (χ1v) is 1.28. The van der Waals surface area contributed by atoms with Crippen molar-refractivity contribution >= 4 is 0 Å². The van der Waals surface area contributed by atoms with Gasteiger partial charge in [-0.1, -0.05) is 0 Å². The zero-order chi connectivity index (χ0) is 4.28. The van der Waals surface area contributed by atoms with Crippen molar-refractivity contribution < 1.29 is 4.86 Å². The predicted octanol–water partition coefficient (Wildman–Crippen LogP) is 0.209. The maximum atomic E-state index is 9.56. The van der Waals surface area contributed by atoms with Gasteiger partial charge in [0.15, 0.2) is 7.05 Å². The predicted molar refractivity (Wildman–Crippen MR) is 17.9 cm³/mol. The lowest BCUT2D eigenvalue weighted by molar-refractivity contribution is -0.497. The Morgan fingerprint density at radius 2 is 2.00 bits per heavy atom. The molecule has 0 unspecified atom stereocenters. The zero-order valence-electron chi connectivity index (χ0n) is 3.30. The smallest absolute Gasteiger partial charge is 0.171 e. The van der Waals surface area contributed by atoms with E-state index in [1.807, 2.05) is 0 Å². The van der Waals surface area contributed by atoms with E-state index in [9.17, 15) is 5.21 Å². The lowest BCUT2D eigenvalue weighted by Crippen LogP contribution is -1.84. The molecule has 0 aliphatic heterocycles. The maximum absolute atomic E-state index is 9.56. The minimum Gasteiger partial charge on any atom is -0.600 e. The van der Waals surface area contributed by atoms with Crippen molar-refractivity contribution in [2.45, 2.75) is 0 Å². The topological polar surface area (TPSA) is 38.4 Å². The molecule has 0 aliphatic carbocycles. The molecule has 0 radical (unpaired) electrons. The van der Waals surface area contributed by atoms with Crippen LogP contribution in [-0.2, 0) is 0 Å². The molecule has 0 aliphatic rings. The Hall–Kier alpha value is -0.600. The normalized spacial score (nSPS) is 12.0. The summed E-state index contributed by atoms with van der Waals surface area (Å²) >= 11 is 0. The Bertz CT molecular complexity index is 45.6. The maximum Gasteiger partial charge on any atom is 0.171 e. The van der Waals surface area contributed by atoms with Crippen LogP contribution in [0.5, 0.6) is 0 Å². The van der Waals surface area contributed by atoms with E-state index < -0.39 is 0 Å². The van der Waals surface area contributed by atoms with Gasteiger partial charge in [0.25, 0.3) is 0 Å². The number of rotatable bonds is 0. The van der Waals surface area contributed by atoms with Gasteiger partial charge in [-0.2, -0.15) is 0 Å². The van der Waals surface area contributed by atoms with E-state index in [1.165, 1.54) is 14.1 Å². The third-order valence-corrected chi connectivity index (χ3v) is 0.282. The van der Waals surface area contributed by atoms with E-state index in [1.54, 1.807) is 0 Å². The quantitative estimate of drug-likeness (QED) is 0.230. The van der Waals surface area contributed by atoms with E-state index in [0.717, 1.165) is 0 Å². The molecular weight excluding hydrogens is 68.0 g/mol. The van der Waals surface area contributed by atoms with Crippen LogP contribution >= 0.6 is 0 Å². The highest BCUT2D eigenvalue weighted by molar-refractivity contribution is 3.89. The van der Waals surface area contributed by atoms with Crippen LogP contribution in [0.2, 0.25) is 0 Å². The first-order chi connectivity index (χ1) is 2.27. The Labute approximate surface area is 30.5 Å². The first-order valence-electron chi connectivity index (χ1n) is 1.28. The minimum absolute atomic E-state index is 0.500. The number of hydrogen-bond donors (Lipinski definition) is 0. The Morgan fingerprint density at radius 1 is 1.80 bits per heavy atom. The molecule has 3 heteroatoms. The Morgan fingerprint density at radius 3 is 2.00 bits per heavy atom. The van der Waals surface area contributed by atoms with Gasteiger partial charge in [0.05, 0.1) is 7.05 Å². The van der Waals surface area contributed by atoms with Crippen molar-refractivity contribution in [1.29, 1.82) is 0 Å². The molecular formula is C2H6N2O. The molecule has 0 saturated carbocycles. The van der Waals surface area contributed by atoms with Crippen LogP contribution in [0.25, 0.3) is 0 Å². The molecule has 0 atom stereocenters. The van der Waals surface area contributed by atoms with E-state index in [-0.39, 0.29) is 0 Å². The van der Waals surface area contributed by atoms with Gasteiger partial charge in [-0.05, 0) is 5.11 Å². The van der Waals surface area contributed by atoms with Crippen molar-refractivity contribution in [3.8, 4) is 0 Å². The number of hydrogen-bond acceptors (Lipinski definition) is 2. The standard InChI is InChI=1S/C2H6N2O/c1-3-4(2)5/h1-2H3/b4-3-. The summed E-state index contributed by atoms with van der Waals surface area (Å²) in [5, 5.41) is 12.7. The molecule has 0 N–H and O–H groups in total. The van der Waals surface area contributed by atoms with Crippen molar-refractivity contribution in [2.24, 2.45) is 5.11 Å². The highest BCUT2D eigenvalue weighted by Crippen LogP contribution is 1.54. The fourth-order valence-electron chi connectivity index (χ4n) is 0. The average Bonchev–Trinajstić information content (AvgIpc) is 1.38. The summed E-state index contributed by atoms with van der Waals surface area (Å²) in [6.07, 6.45) is 0. The summed E-state index contributed by atoms with van der Waals surface area (Å²) in [4.78, 5) is 0.500. The summed E-state index contributed by atoms with van der Waals surface area (Å²) < 4.78 is 0. The van der Waals surface area contributed by atoms with Crippen LogP contribution in [0.4, 0.5) is 0 Å². The van der Waals surface area contributed by atoms with Crippen LogP contribution in [0.1, 0.15) is 0 Å². The number of azo groups is 1. The molecule has 0 aromatic carbocycles. The average molecular weight is 74.1 g/mol. The van der Waals surface area contributed by atoms with Crippen LogP contribution in [0.15, 0.2) is 5.11 Å². The van der Waals surface area contributed by atoms with Crippen molar-refractivity contribution in [1.82, 2.24) is 0 Å². The van der Waals surface area contributed by atoms with Gasteiger partial charge >= 0.3 is 0 Å². The van der Waals surface area contributed by atoms with Crippen LogP contribution in [0.3, 0.4) is 0 Å². The molecule has 0 aromatic heterocycles. The fourth-order valence-corrected chi connectivity index (χ4v) is 0. The SMILES string of the molecule is C/N=[N+](/C)[O-]. The summed E-state index contributed by atoms with van der Waals surface area (Å²) in [6.45, 7) is 0. The van der Waals surface area contributed by atoms with E-state index in [0.29, 0.717) is 4.86 Å². The lowest BCUT2D eigenvalue weighted by Gasteiger charge is -1.82. The summed E-state index contributed by atoms with van der Waals surface area (Å²) in [5.41, 5.74) is 0. The largest absolute Gasteiger partial charge is 0.600 e. The molecule has 3 nitrogen and oxygen atoms in total. The van der Waals surface area contributed by atoms with Gasteiger partial charge in [-0.25, -0.2) is 0 Å². The molecule has 0 saturated heterocycles. The molecule has 0 spiro atoms. The monoisotopic (exact) mass is 74.0 g/mol. The van der Waals surface area contributed by atoms with E-state index in [4.69, 9.17) is 0 Å². The third kappa shape index (κ3) is 3.40. The molecule has 0 heterocycles. The highest BCUT2D eigenvalue weighted by Gasteiger charge is 1.59. The summed E-state index contributed by atoms with van der Waals surface area (Å²) in [6, 6.07) is 0. The van der Waals surface area contributed by atoms with Crippen LogP contribution in [0, 0.1) is 5.21 Å². The fraction of sp³-hybridized carbons (Fsp3) is 1.00. The van der Waals surface area contributed by atoms with E-state index >= 15 is 0 Å². The van der Waals surface area contributed by atoms with Gasteiger partial charge in [-0.3, -0.25) is 0 Å². The summed E-state index contributed by atoms with van der Waals surface area (Å²) in [7, 11) is 2.77. The van der Waals surface area contributed by atoms with Crippen molar-refractivity contribution in [2.75, 3.05) is 14.1 Å². The molecule has 0 bridgehead atoms. The van der Waals surface area contributed by atoms with Gasteiger partial charge < -0.3 is 5.21 Å². The second kappa shape index (κ2) is 1.69. The molecule has 30 valence electrons. The molecule has 0 fully saturated rings.